The molecule has 0 spiro atoms. The number of carbonyl (C=O) groups is 1. The summed E-state index contributed by atoms with van der Waals surface area (Å²) in [5, 5.41) is 12.0. The zero-order valence-electron chi connectivity index (χ0n) is 17.6. The van der Waals surface area contributed by atoms with Crippen LogP contribution in [0.15, 0.2) is 59.6 Å². The Bertz CT molecular complexity index is 1290. The summed E-state index contributed by atoms with van der Waals surface area (Å²) in [4.78, 5) is 30.1. The Hall–Kier alpha value is -4.18. The lowest BCUT2D eigenvalue weighted by atomic mass is 10.1. The van der Waals surface area contributed by atoms with Crippen molar-refractivity contribution in [2.24, 2.45) is 0 Å². The summed E-state index contributed by atoms with van der Waals surface area (Å²) in [6.07, 6.45) is 4.29. The van der Waals surface area contributed by atoms with Gasteiger partial charge in [0.05, 0.1) is 0 Å². The van der Waals surface area contributed by atoms with Crippen LogP contribution < -0.4 is 15.6 Å². The summed E-state index contributed by atoms with van der Waals surface area (Å²) in [7, 11) is 0. The molecule has 1 aromatic carbocycles. The predicted molar refractivity (Wildman–Crippen MR) is 119 cm³/mol. The molecule has 0 unspecified atom stereocenters. The van der Waals surface area contributed by atoms with Gasteiger partial charge in [-0.2, -0.15) is 10.2 Å². The molecule has 2 heterocycles. The van der Waals surface area contributed by atoms with Crippen LogP contribution in [0.1, 0.15) is 22.3 Å². The van der Waals surface area contributed by atoms with Crippen molar-refractivity contribution in [1.29, 1.82) is 5.26 Å². The number of rotatable bonds is 6. The Morgan fingerprint density at radius 2 is 2.00 bits per heavy atom. The van der Waals surface area contributed by atoms with Gasteiger partial charge in [-0.25, -0.2) is 0 Å². The van der Waals surface area contributed by atoms with Gasteiger partial charge in [0.2, 0.25) is 5.88 Å². The lowest BCUT2D eigenvalue weighted by molar-refractivity contribution is -0.116. The fraction of sp³-hybridized carbons (Fsp3) is 0.167. The number of benzene rings is 1. The highest BCUT2D eigenvalue weighted by molar-refractivity contribution is 6.02. The van der Waals surface area contributed by atoms with Crippen LogP contribution in [0, 0.1) is 32.1 Å². The first-order valence-electron chi connectivity index (χ1n) is 9.63. The minimum absolute atomic E-state index is 0.00700. The van der Waals surface area contributed by atoms with E-state index < -0.39 is 11.5 Å². The Labute approximate surface area is 179 Å². The summed E-state index contributed by atoms with van der Waals surface area (Å²) in [6, 6.07) is 11.0. The third-order valence-electron chi connectivity index (χ3n) is 4.52. The average molecular weight is 414 g/mol. The molecule has 0 radical (unpaired) electrons. The van der Waals surface area contributed by atoms with E-state index in [4.69, 9.17) is 4.74 Å². The van der Waals surface area contributed by atoms with Gasteiger partial charge in [0.15, 0.2) is 0 Å². The standard InChI is InChI=1S/C24H22N4O3/c1-5-8-26-22(29)18(14-25)13-20-23(31-19-11-15(2)10-16(3)12-19)27-21-17(4)7-6-9-28(21)24(20)30/h5-7,9-13H,1,8H2,2-4H3,(H,26,29). The molecule has 3 aromatic rings. The number of nitrogens with one attached hydrogen (secondary N) is 1. The van der Waals surface area contributed by atoms with Crippen molar-refractivity contribution in [3.05, 3.63) is 87.4 Å². The molecule has 7 nitrogen and oxygen atoms in total. The lowest BCUT2D eigenvalue weighted by Gasteiger charge is -2.12. The first-order valence-corrected chi connectivity index (χ1v) is 9.63. The quantitative estimate of drug-likeness (QED) is 0.377. The smallest absolute Gasteiger partial charge is 0.269 e. The Morgan fingerprint density at radius 3 is 2.65 bits per heavy atom. The SMILES string of the molecule is C=CCNC(=O)C(C#N)=Cc1c(Oc2cc(C)cc(C)c2)nc2c(C)cccn2c1=O. The van der Waals surface area contributed by atoms with E-state index in [1.165, 1.54) is 16.6 Å². The van der Waals surface area contributed by atoms with Crippen molar-refractivity contribution in [3.63, 3.8) is 0 Å². The number of pyridine rings is 1. The minimum atomic E-state index is -0.617. The maximum absolute atomic E-state index is 13.3. The highest BCUT2D eigenvalue weighted by atomic mass is 16.5. The molecule has 0 saturated carbocycles. The van der Waals surface area contributed by atoms with E-state index in [9.17, 15) is 14.9 Å². The number of carbonyl (C=O) groups excluding carboxylic acids is 1. The Morgan fingerprint density at radius 1 is 1.29 bits per heavy atom. The highest BCUT2D eigenvalue weighted by Crippen LogP contribution is 2.26. The molecule has 3 rings (SSSR count). The number of amides is 1. The van der Waals surface area contributed by atoms with E-state index in [-0.39, 0.29) is 23.6 Å². The van der Waals surface area contributed by atoms with Gasteiger partial charge >= 0.3 is 0 Å². The van der Waals surface area contributed by atoms with Crippen LogP contribution in [-0.2, 0) is 4.79 Å². The van der Waals surface area contributed by atoms with Crippen molar-refractivity contribution in [2.45, 2.75) is 20.8 Å². The number of hydrogen-bond acceptors (Lipinski definition) is 5. The van der Waals surface area contributed by atoms with Gasteiger partial charge in [-0.3, -0.25) is 14.0 Å². The van der Waals surface area contributed by atoms with Gasteiger partial charge < -0.3 is 10.1 Å². The van der Waals surface area contributed by atoms with Crippen molar-refractivity contribution < 1.29 is 9.53 Å². The van der Waals surface area contributed by atoms with E-state index in [0.717, 1.165) is 16.7 Å². The summed E-state index contributed by atoms with van der Waals surface area (Å²) >= 11 is 0. The van der Waals surface area contributed by atoms with Gasteiger partial charge in [-0.05, 0) is 61.7 Å². The average Bonchev–Trinajstić information content (AvgIpc) is 2.72. The molecule has 31 heavy (non-hydrogen) atoms. The zero-order valence-corrected chi connectivity index (χ0v) is 17.6. The fourth-order valence-corrected chi connectivity index (χ4v) is 3.15. The van der Waals surface area contributed by atoms with Crippen LogP contribution >= 0.6 is 0 Å². The number of fused-ring (bicyclic) bond motifs is 1. The number of aromatic nitrogens is 2. The molecule has 1 N–H and O–H groups in total. The maximum Gasteiger partial charge on any atom is 0.269 e. The Balaban J connectivity index is 2.23. The number of nitriles is 1. The van der Waals surface area contributed by atoms with Crippen LogP contribution in [0.3, 0.4) is 0 Å². The first kappa shape index (κ1) is 21.5. The second-order valence-electron chi connectivity index (χ2n) is 7.11. The van der Waals surface area contributed by atoms with Crippen LogP contribution in [0.2, 0.25) is 0 Å². The summed E-state index contributed by atoms with van der Waals surface area (Å²) < 4.78 is 7.36. The summed E-state index contributed by atoms with van der Waals surface area (Å²) in [5.41, 5.74) is 2.51. The van der Waals surface area contributed by atoms with Gasteiger partial charge in [-0.1, -0.05) is 18.2 Å². The normalized spacial score (nSPS) is 11.1. The molecule has 0 atom stereocenters. The number of hydrogen-bond donors (Lipinski definition) is 1. The lowest BCUT2D eigenvalue weighted by Crippen LogP contribution is -2.25. The van der Waals surface area contributed by atoms with Crippen LogP contribution in [0.25, 0.3) is 11.7 Å². The molecule has 0 fully saturated rings. The molecule has 2 aromatic heterocycles. The number of nitrogens with zero attached hydrogens (tertiary/aromatic N) is 3. The number of ether oxygens (including phenoxy) is 1. The van der Waals surface area contributed by atoms with Gasteiger partial charge in [0.1, 0.15) is 28.6 Å². The molecule has 0 aliphatic rings. The molecule has 156 valence electrons. The second-order valence-corrected chi connectivity index (χ2v) is 7.11. The Kier molecular flexibility index (Phi) is 6.32. The molecule has 0 saturated heterocycles. The molecule has 0 aliphatic heterocycles. The molecule has 1 amide bonds. The third-order valence-corrected chi connectivity index (χ3v) is 4.52. The van der Waals surface area contributed by atoms with Gasteiger partial charge in [0, 0.05) is 12.7 Å². The largest absolute Gasteiger partial charge is 0.438 e. The molecule has 0 bridgehead atoms. The van der Waals surface area contributed by atoms with Gasteiger partial charge in [0.25, 0.3) is 11.5 Å². The van der Waals surface area contributed by atoms with E-state index in [0.29, 0.717) is 11.4 Å². The molecule has 7 heteroatoms. The van der Waals surface area contributed by atoms with E-state index in [1.54, 1.807) is 12.3 Å². The molecular weight excluding hydrogens is 392 g/mol. The topological polar surface area (TPSA) is 96.5 Å². The monoisotopic (exact) mass is 414 g/mol. The van der Waals surface area contributed by atoms with E-state index in [1.807, 2.05) is 51.1 Å². The highest BCUT2D eigenvalue weighted by Gasteiger charge is 2.18. The van der Waals surface area contributed by atoms with Crippen molar-refractivity contribution >= 4 is 17.6 Å². The van der Waals surface area contributed by atoms with E-state index in [2.05, 4.69) is 16.9 Å². The van der Waals surface area contributed by atoms with Gasteiger partial charge in [-0.15, -0.1) is 6.58 Å². The summed E-state index contributed by atoms with van der Waals surface area (Å²) in [5.74, 6) is -0.0892. The van der Waals surface area contributed by atoms with Crippen LogP contribution in [0.4, 0.5) is 0 Å². The maximum atomic E-state index is 13.3. The first-order chi connectivity index (χ1) is 14.8. The molecule has 0 aliphatic carbocycles. The van der Waals surface area contributed by atoms with Crippen molar-refractivity contribution in [3.8, 4) is 17.7 Å². The zero-order chi connectivity index (χ0) is 22.5. The second kappa shape index (κ2) is 9.09. The van der Waals surface area contributed by atoms with Crippen LogP contribution in [-0.4, -0.2) is 21.8 Å². The minimum Gasteiger partial charge on any atom is -0.438 e. The van der Waals surface area contributed by atoms with Crippen LogP contribution in [0.5, 0.6) is 11.6 Å². The fourth-order valence-electron chi connectivity index (χ4n) is 3.15. The van der Waals surface area contributed by atoms with E-state index >= 15 is 0 Å². The number of aryl methyl sites for hydroxylation is 3. The third kappa shape index (κ3) is 4.70. The summed E-state index contributed by atoms with van der Waals surface area (Å²) in [6.45, 7) is 9.43. The van der Waals surface area contributed by atoms with Crippen molar-refractivity contribution in [2.75, 3.05) is 6.54 Å². The predicted octanol–water partition coefficient (Wildman–Crippen LogP) is 3.62. The molecular formula is C24H22N4O3. The van der Waals surface area contributed by atoms with Crippen molar-refractivity contribution in [1.82, 2.24) is 14.7 Å².